The summed E-state index contributed by atoms with van der Waals surface area (Å²) in [4.78, 5) is 12.9. The van der Waals surface area contributed by atoms with Crippen LogP contribution in [-0.2, 0) is 4.74 Å². The third-order valence-electron chi connectivity index (χ3n) is 6.37. The summed E-state index contributed by atoms with van der Waals surface area (Å²) in [6.07, 6.45) is 1.98. The Morgan fingerprint density at radius 1 is 0.931 bits per heavy atom. The molecule has 144 valence electrons. The lowest BCUT2D eigenvalue weighted by atomic mass is 9.77. The topological polar surface area (TPSA) is 51.5 Å². The number of rotatable bonds is 1. The van der Waals surface area contributed by atoms with E-state index in [4.69, 9.17) is 9.15 Å². The van der Waals surface area contributed by atoms with Crippen LogP contribution in [0.2, 0.25) is 0 Å². The van der Waals surface area contributed by atoms with Gasteiger partial charge in [-0.1, -0.05) is 54.6 Å². The molecule has 1 N–H and O–H groups in total. The molecule has 2 aliphatic heterocycles. The van der Waals surface area contributed by atoms with Gasteiger partial charge < -0.3 is 14.5 Å². The molecule has 3 aromatic carbocycles. The van der Waals surface area contributed by atoms with Crippen molar-refractivity contribution in [2.24, 2.45) is 5.92 Å². The predicted octanol–water partition coefficient (Wildman–Crippen LogP) is 5.58. The summed E-state index contributed by atoms with van der Waals surface area (Å²) in [5.41, 5.74) is 2.98. The van der Waals surface area contributed by atoms with Gasteiger partial charge in [-0.3, -0.25) is 0 Å². The SMILES string of the molecule is O=c1oc2ccccc2c2c1N[C@H](c1ccc3ccccc3c1)[C@@H]1CCCO[C@H]21. The molecule has 0 saturated carbocycles. The van der Waals surface area contributed by atoms with E-state index in [1.54, 1.807) is 0 Å². The number of benzene rings is 3. The number of hydrogen-bond donors (Lipinski definition) is 1. The predicted molar refractivity (Wildman–Crippen MR) is 114 cm³/mol. The largest absolute Gasteiger partial charge is 0.421 e. The van der Waals surface area contributed by atoms with Gasteiger partial charge in [-0.15, -0.1) is 0 Å². The molecule has 0 amide bonds. The second-order valence-corrected chi connectivity index (χ2v) is 8.00. The van der Waals surface area contributed by atoms with Crippen LogP contribution >= 0.6 is 0 Å². The van der Waals surface area contributed by atoms with Gasteiger partial charge in [0.2, 0.25) is 0 Å². The van der Waals surface area contributed by atoms with Gasteiger partial charge in [-0.05, 0) is 41.3 Å². The van der Waals surface area contributed by atoms with Gasteiger partial charge in [0.25, 0.3) is 0 Å². The summed E-state index contributed by atoms with van der Waals surface area (Å²) in [5, 5.41) is 6.93. The van der Waals surface area contributed by atoms with Gasteiger partial charge >= 0.3 is 5.63 Å². The minimum atomic E-state index is -0.322. The molecule has 4 nitrogen and oxygen atoms in total. The van der Waals surface area contributed by atoms with Crippen molar-refractivity contribution >= 4 is 27.4 Å². The standard InChI is InChI=1S/C25H21NO3/c27-25-23-21(18-8-3-4-10-20(18)29-25)24-19(9-5-13-28-24)22(26-23)17-12-11-15-6-1-2-7-16(15)14-17/h1-4,6-8,10-12,14,19,22,24,26H,5,9,13H2/t19-,22+,24-/m0/s1. The van der Waals surface area contributed by atoms with Crippen molar-refractivity contribution in [1.82, 2.24) is 0 Å². The van der Waals surface area contributed by atoms with Crippen LogP contribution in [0.1, 0.15) is 36.1 Å². The molecule has 29 heavy (non-hydrogen) atoms. The lowest BCUT2D eigenvalue weighted by Gasteiger charge is -2.43. The second-order valence-electron chi connectivity index (χ2n) is 8.00. The number of fused-ring (bicyclic) bond motifs is 6. The lowest BCUT2D eigenvalue weighted by molar-refractivity contribution is -0.0375. The molecule has 1 aromatic heterocycles. The molecule has 1 saturated heterocycles. The highest BCUT2D eigenvalue weighted by Gasteiger charge is 2.42. The van der Waals surface area contributed by atoms with Crippen LogP contribution in [0.5, 0.6) is 0 Å². The molecule has 0 radical (unpaired) electrons. The van der Waals surface area contributed by atoms with Crippen molar-refractivity contribution in [3.8, 4) is 0 Å². The van der Waals surface area contributed by atoms with Gasteiger partial charge in [-0.2, -0.15) is 0 Å². The molecule has 0 spiro atoms. The highest BCUT2D eigenvalue weighted by atomic mass is 16.5. The maximum absolute atomic E-state index is 12.9. The zero-order chi connectivity index (χ0) is 19.4. The Morgan fingerprint density at radius 3 is 2.69 bits per heavy atom. The third-order valence-corrected chi connectivity index (χ3v) is 6.37. The number of ether oxygens (including phenoxy) is 1. The summed E-state index contributed by atoms with van der Waals surface area (Å²) < 4.78 is 11.9. The molecule has 4 aromatic rings. The fourth-order valence-electron chi connectivity index (χ4n) is 5.04. The van der Waals surface area contributed by atoms with Crippen LogP contribution in [0.3, 0.4) is 0 Å². The Kier molecular flexibility index (Phi) is 3.74. The highest BCUT2D eigenvalue weighted by molar-refractivity contribution is 5.86. The average molecular weight is 383 g/mol. The molecular weight excluding hydrogens is 362 g/mol. The van der Waals surface area contributed by atoms with Gasteiger partial charge in [-0.25, -0.2) is 4.79 Å². The van der Waals surface area contributed by atoms with Crippen LogP contribution in [0, 0.1) is 5.92 Å². The first kappa shape index (κ1) is 16.8. The van der Waals surface area contributed by atoms with E-state index in [0.717, 1.165) is 30.4 Å². The average Bonchev–Trinajstić information content (AvgIpc) is 2.78. The smallest absolute Gasteiger partial charge is 0.360 e. The lowest BCUT2D eigenvalue weighted by Crippen LogP contribution is -2.38. The summed E-state index contributed by atoms with van der Waals surface area (Å²) >= 11 is 0. The van der Waals surface area contributed by atoms with E-state index in [-0.39, 0.29) is 23.7 Å². The number of nitrogens with one attached hydrogen (secondary N) is 1. The first-order valence-electron chi connectivity index (χ1n) is 10.2. The molecule has 6 rings (SSSR count). The van der Waals surface area contributed by atoms with Crippen LogP contribution < -0.4 is 10.9 Å². The van der Waals surface area contributed by atoms with E-state index in [1.807, 2.05) is 24.3 Å². The Labute approximate surface area is 168 Å². The van der Waals surface area contributed by atoms with Crippen LogP contribution in [0.25, 0.3) is 21.7 Å². The van der Waals surface area contributed by atoms with E-state index in [1.165, 1.54) is 16.3 Å². The molecule has 3 heterocycles. The van der Waals surface area contributed by atoms with Crippen molar-refractivity contribution in [2.45, 2.75) is 25.0 Å². The third kappa shape index (κ3) is 2.60. The first-order chi connectivity index (χ1) is 14.3. The molecular formula is C25H21NO3. The molecule has 0 aliphatic carbocycles. The second kappa shape index (κ2) is 6.46. The minimum absolute atomic E-state index is 0.0152. The molecule has 3 atom stereocenters. The van der Waals surface area contributed by atoms with Crippen molar-refractivity contribution in [2.75, 3.05) is 11.9 Å². The Bertz CT molecular complexity index is 1290. The van der Waals surface area contributed by atoms with E-state index in [9.17, 15) is 4.79 Å². The fraction of sp³-hybridized carbons (Fsp3) is 0.240. The summed E-state index contributed by atoms with van der Waals surface area (Å²) in [7, 11) is 0. The van der Waals surface area contributed by atoms with Crippen molar-refractivity contribution in [3.63, 3.8) is 0 Å². The quantitative estimate of drug-likeness (QED) is 0.436. The highest BCUT2D eigenvalue weighted by Crippen LogP contribution is 2.50. The Hall–Kier alpha value is -3.11. The zero-order valence-corrected chi connectivity index (χ0v) is 15.9. The Morgan fingerprint density at radius 2 is 1.76 bits per heavy atom. The Balaban J connectivity index is 1.55. The normalized spacial score (nSPS) is 23.4. The summed E-state index contributed by atoms with van der Waals surface area (Å²) in [6, 6.07) is 22.7. The molecule has 2 aliphatic rings. The van der Waals surface area contributed by atoms with E-state index in [2.05, 4.69) is 47.8 Å². The molecule has 4 heteroatoms. The summed E-state index contributed by atoms with van der Waals surface area (Å²) in [6.45, 7) is 0.722. The van der Waals surface area contributed by atoms with Crippen molar-refractivity contribution < 1.29 is 9.15 Å². The summed E-state index contributed by atoms with van der Waals surface area (Å²) in [5.74, 6) is 0.266. The van der Waals surface area contributed by atoms with Gasteiger partial charge in [0.15, 0.2) is 0 Å². The van der Waals surface area contributed by atoms with Crippen LogP contribution in [0.15, 0.2) is 75.9 Å². The maximum atomic E-state index is 12.9. The van der Waals surface area contributed by atoms with Gasteiger partial charge in [0.05, 0.1) is 12.1 Å². The van der Waals surface area contributed by atoms with E-state index < -0.39 is 0 Å². The minimum Gasteiger partial charge on any atom is -0.421 e. The number of anilines is 1. The molecule has 0 unspecified atom stereocenters. The number of para-hydroxylation sites is 1. The monoisotopic (exact) mass is 383 g/mol. The van der Waals surface area contributed by atoms with E-state index >= 15 is 0 Å². The molecule has 0 bridgehead atoms. The van der Waals surface area contributed by atoms with Crippen LogP contribution in [0.4, 0.5) is 5.69 Å². The zero-order valence-electron chi connectivity index (χ0n) is 15.9. The van der Waals surface area contributed by atoms with Gasteiger partial charge in [0.1, 0.15) is 11.3 Å². The van der Waals surface area contributed by atoms with E-state index in [0.29, 0.717) is 11.3 Å². The van der Waals surface area contributed by atoms with Crippen molar-refractivity contribution in [1.29, 1.82) is 0 Å². The maximum Gasteiger partial charge on any atom is 0.360 e. The fourth-order valence-corrected chi connectivity index (χ4v) is 5.04. The van der Waals surface area contributed by atoms with Gasteiger partial charge in [0, 0.05) is 23.5 Å². The van der Waals surface area contributed by atoms with Crippen molar-refractivity contribution in [3.05, 3.63) is 88.3 Å². The molecule has 1 fully saturated rings. The first-order valence-corrected chi connectivity index (χ1v) is 10.2. The number of hydrogen-bond acceptors (Lipinski definition) is 4. The van der Waals surface area contributed by atoms with Crippen LogP contribution in [-0.4, -0.2) is 6.61 Å².